The molecule has 0 radical (unpaired) electrons. The van der Waals surface area contributed by atoms with Gasteiger partial charge in [0.05, 0.1) is 5.60 Å². The predicted molar refractivity (Wildman–Crippen MR) is 70.9 cm³/mol. The van der Waals surface area contributed by atoms with E-state index in [-0.39, 0.29) is 11.6 Å². The quantitative estimate of drug-likeness (QED) is 0.871. The molecule has 2 rings (SSSR count). The molecular weight excluding hydrogens is 210 g/mol. The number of nitrogens with two attached hydrogens (primary N) is 1. The van der Waals surface area contributed by atoms with Crippen molar-refractivity contribution in [3.8, 4) is 0 Å². The van der Waals surface area contributed by atoms with E-state index >= 15 is 0 Å². The van der Waals surface area contributed by atoms with Crippen molar-refractivity contribution in [3.05, 3.63) is 35.4 Å². The lowest BCUT2D eigenvalue weighted by Gasteiger charge is -2.22. The molecule has 1 aliphatic carbocycles. The number of hydrogen-bond acceptors (Lipinski definition) is 2. The summed E-state index contributed by atoms with van der Waals surface area (Å²) in [5.74, 6) is 0.537. The summed E-state index contributed by atoms with van der Waals surface area (Å²) in [5.41, 5.74) is 8.98. The summed E-state index contributed by atoms with van der Waals surface area (Å²) in [7, 11) is 0. The molecule has 17 heavy (non-hydrogen) atoms. The zero-order chi connectivity index (χ0) is 12.5. The highest BCUT2D eigenvalue weighted by atomic mass is 16.5. The summed E-state index contributed by atoms with van der Waals surface area (Å²) in [6.07, 6.45) is 2.15. The van der Waals surface area contributed by atoms with Gasteiger partial charge < -0.3 is 10.5 Å². The van der Waals surface area contributed by atoms with Crippen LogP contribution in [0.25, 0.3) is 0 Å². The van der Waals surface area contributed by atoms with Crippen LogP contribution in [0, 0.1) is 5.92 Å². The third-order valence-electron chi connectivity index (χ3n) is 3.43. The Morgan fingerprint density at radius 3 is 2.65 bits per heavy atom. The van der Waals surface area contributed by atoms with E-state index in [1.54, 1.807) is 0 Å². The summed E-state index contributed by atoms with van der Waals surface area (Å²) in [6, 6.07) is 8.71. The van der Waals surface area contributed by atoms with Crippen LogP contribution in [0.2, 0.25) is 0 Å². The highest BCUT2D eigenvalue weighted by molar-refractivity contribution is 5.35. The van der Waals surface area contributed by atoms with Gasteiger partial charge in [0.15, 0.2) is 0 Å². The standard InChI is InChI=1S/C15H23NO/c1-15(2,3)17-9-8-12-10-11-6-4-5-7-13(11)14(12)16/h4-7,12,14H,8-10,16H2,1-3H3. The normalized spacial score (nSPS) is 23.8. The maximum Gasteiger partial charge on any atom is 0.0598 e. The first-order valence-corrected chi connectivity index (χ1v) is 6.45. The largest absolute Gasteiger partial charge is 0.376 e. The first-order valence-electron chi connectivity index (χ1n) is 6.45. The van der Waals surface area contributed by atoms with Crippen LogP contribution in [-0.2, 0) is 11.2 Å². The Morgan fingerprint density at radius 2 is 2.00 bits per heavy atom. The molecular formula is C15H23NO. The Hall–Kier alpha value is -0.860. The third-order valence-corrected chi connectivity index (χ3v) is 3.43. The molecule has 2 N–H and O–H groups in total. The van der Waals surface area contributed by atoms with Crippen molar-refractivity contribution in [1.29, 1.82) is 0 Å². The van der Waals surface area contributed by atoms with E-state index in [4.69, 9.17) is 10.5 Å². The van der Waals surface area contributed by atoms with E-state index in [9.17, 15) is 0 Å². The fraction of sp³-hybridized carbons (Fsp3) is 0.600. The second-order valence-electron chi connectivity index (χ2n) is 5.94. The summed E-state index contributed by atoms with van der Waals surface area (Å²) in [6.45, 7) is 7.08. The van der Waals surface area contributed by atoms with Gasteiger partial charge in [-0.15, -0.1) is 0 Å². The van der Waals surface area contributed by atoms with Crippen molar-refractivity contribution >= 4 is 0 Å². The molecule has 0 saturated carbocycles. The van der Waals surface area contributed by atoms with Crippen molar-refractivity contribution in [2.75, 3.05) is 6.61 Å². The molecule has 1 aromatic rings. The highest BCUT2D eigenvalue weighted by Gasteiger charge is 2.29. The van der Waals surface area contributed by atoms with Gasteiger partial charge in [-0.05, 0) is 50.7 Å². The van der Waals surface area contributed by atoms with Crippen molar-refractivity contribution in [2.24, 2.45) is 11.7 Å². The molecule has 0 bridgehead atoms. The summed E-state index contributed by atoms with van der Waals surface area (Å²) >= 11 is 0. The Morgan fingerprint density at radius 1 is 1.29 bits per heavy atom. The number of ether oxygens (including phenoxy) is 1. The van der Waals surface area contributed by atoms with Gasteiger partial charge in [-0.25, -0.2) is 0 Å². The van der Waals surface area contributed by atoms with Crippen molar-refractivity contribution in [1.82, 2.24) is 0 Å². The van der Waals surface area contributed by atoms with Crippen LogP contribution < -0.4 is 5.73 Å². The van der Waals surface area contributed by atoms with Crippen molar-refractivity contribution < 1.29 is 4.74 Å². The first-order chi connectivity index (χ1) is 7.97. The number of benzene rings is 1. The lowest BCUT2D eigenvalue weighted by molar-refractivity contribution is -0.00990. The molecule has 0 heterocycles. The first kappa shape index (κ1) is 12.6. The molecule has 2 atom stereocenters. The molecule has 0 amide bonds. The zero-order valence-corrected chi connectivity index (χ0v) is 11.1. The zero-order valence-electron chi connectivity index (χ0n) is 11.1. The smallest absolute Gasteiger partial charge is 0.0598 e. The molecule has 1 aliphatic rings. The van der Waals surface area contributed by atoms with Crippen molar-refractivity contribution in [3.63, 3.8) is 0 Å². The Labute approximate surface area is 104 Å². The minimum absolute atomic E-state index is 0.0461. The van der Waals surface area contributed by atoms with E-state index in [1.165, 1.54) is 11.1 Å². The van der Waals surface area contributed by atoms with Gasteiger partial charge >= 0.3 is 0 Å². The monoisotopic (exact) mass is 233 g/mol. The summed E-state index contributed by atoms with van der Waals surface area (Å²) in [5, 5.41) is 0. The second kappa shape index (κ2) is 4.79. The predicted octanol–water partition coefficient (Wildman–Crippen LogP) is 3.06. The Bertz CT molecular complexity index is 381. The van der Waals surface area contributed by atoms with Gasteiger partial charge in [0, 0.05) is 12.6 Å². The summed E-state index contributed by atoms with van der Waals surface area (Å²) < 4.78 is 5.78. The van der Waals surface area contributed by atoms with Crippen LogP contribution >= 0.6 is 0 Å². The Kier molecular flexibility index (Phi) is 3.55. The van der Waals surface area contributed by atoms with Crippen LogP contribution in [-0.4, -0.2) is 12.2 Å². The molecule has 1 aromatic carbocycles. The van der Waals surface area contributed by atoms with Crippen LogP contribution in [0.15, 0.2) is 24.3 Å². The third kappa shape index (κ3) is 3.08. The van der Waals surface area contributed by atoms with E-state index in [2.05, 4.69) is 45.0 Å². The fourth-order valence-corrected chi connectivity index (χ4v) is 2.51. The molecule has 0 saturated heterocycles. The number of fused-ring (bicyclic) bond motifs is 1. The molecule has 0 spiro atoms. The highest BCUT2D eigenvalue weighted by Crippen LogP contribution is 2.36. The molecule has 0 fully saturated rings. The van der Waals surface area contributed by atoms with E-state index < -0.39 is 0 Å². The topological polar surface area (TPSA) is 35.2 Å². The van der Waals surface area contributed by atoms with Gasteiger partial charge in [-0.2, -0.15) is 0 Å². The number of hydrogen-bond donors (Lipinski definition) is 1. The summed E-state index contributed by atoms with van der Waals surface area (Å²) in [4.78, 5) is 0. The van der Waals surface area contributed by atoms with Gasteiger partial charge in [0.2, 0.25) is 0 Å². The van der Waals surface area contributed by atoms with Crippen molar-refractivity contribution in [2.45, 2.75) is 45.3 Å². The average Bonchev–Trinajstić information content (AvgIpc) is 2.55. The lowest BCUT2D eigenvalue weighted by Crippen LogP contribution is -2.23. The maximum atomic E-state index is 6.28. The van der Waals surface area contributed by atoms with Crippen LogP contribution in [0.5, 0.6) is 0 Å². The number of rotatable bonds is 3. The van der Waals surface area contributed by atoms with E-state index in [0.717, 1.165) is 19.4 Å². The second-order valence-corrected chi connectivity index (χ2v) is 5.94. The van der Waals surface area contributed by atoms with Crippen LogP contribution in [0.3, 0.4) is 0 Å². The average molecular weight is 233 g/mol. The minimum atomic E-state index is -0.0461. The molecule has 2 nitrogen and oxygen atoms in total. The SMILES string of the molecule is CC(C)(C)OCCC1Cc2ccccc2C1N. The van der Waals surface area contributed by atoms with Crippen LogP contribution in [0.1, 0.15) is 44.4 Å². The molecule has 2 heteroatoms. The molecule has 0 aliphatic heterocycles. The maximum absolute atomic E-state index is 6.28. The van der Waals surface area contributed by atoms with E-state index in [1.807, 2.05) is 0 Å². The minimum Gasteiger partial charge on any atom is -0.376 e. The lowest BCUT2D eigenvalue weighted by atomic mass is 9.98. The Balaban J connectivity index is 1.90. The molecule has 0 aromatic heterocycles. The van der Waals surface area contributed by atoms with Gasteiger partial charge in [-0.1, -0.05) is 24.3 Å². The molecule has 94 valence electrons. The van der Waals surface area contributed by atoms with Crippen LogP contribution in [0.4, 0.5) is 0 Å². The fourth-order valence-electron chi connectivity index (χ4n) is 2.51. The van der Waals surface area contributed by atoms with Gasteiger partial charge in [0.1, 0.15) is 0 Å². The molecule has 2 unspecified atom stereocenters. The van der Waals surface area contributed by atoms with Gasteiger partial charge in [-0.3, -0.25) is 0 Å². The van der Waals surface area contributed by atoms with E-state index in [0.29, 0.717) is 5.92 Å². The van der Waals surface area contributed by atoms with Gasteiger partial charge in [0.25, 0.3) is 0 Å².